The summed E-state index contributed by atoms with van der Waals surface area (Å²) in [5.74, 6) is 0. The summed E-state index contributed by atoms with van der Waals surface area (Å²) in [6.45, 7) is 8.78. The molecule has 0 amide bonds. The van der Waals surface area contributed by atoms with Crippen LogP contribution in [0.15, 0.2) is 4.99 Å². The zero-order chi connectivity index (χ0) is 9.19. The van der Waals surface area contributed by atoms with Crippen molar-refractivity contribution in [3.8, 4) is 0 Å². The van der Waals surface area contributed by atoms with Crippen molar-refractivity contribution >= 4 is 5.71 Å². The van der Waals surface area contributed by atoms with E-state index < -0.39 is 0 Å². The second kappa shape index (κ2) is 3.56. The van der Waals surface area contributed by atoms with Crippen LogP contribution in [0.3, 0.4) is 0 Å². The van der Waals surface area contributed by atoms with E-state index in [1.54, 1.807) is 0 Å². The molecule has 1 unspecified atom stereocenters. The highest BCUT2D eigenvalue weighted by atomic mass is 15.2. The molecule has 70 valence electrons. The van der Waals surface area contributed by atoms with Crippen LogP contribution in [0, 0.1) is 0 Å². The monoisotopic (exact) mass is 168 g/mol. The van der Waals surface area contributed by atoms with Gasteiger partial charge in [0.05, 0.1) is 0 Å². The number of rotatable bonds is 3. The molecular formula is C10H20N2. The van der Waals surface area contributed by atoms with Crippen LogP contribution < -0.4 is 5.32 Å². The van der Waals surface area contributed by atoms with E-state index in [1.165, 1.54) is 5.71 Å². The predicted octanol–water partition coefficient (Wildman–Crippen LogP) is 2.35. The van der Waals surface area contributed by atoms with E-state index in [9.17, 15) is 0 Å². The Morgan fingerprint density at radius 1 is 1.33 bits per heavy atom. The molecule has 1 N–H and O–H groups in total. The van der Waals surface area contributed by atoms with Gasteiger partial charge in [0.25, 0.3) is 0 Å². The SMILES string of the molecule is CCC1=NC(CC)(CC)NC1C. The molecule has 2 nitrogen and oxygen atoms in total. The topological polar surface area (TPSA) is 24.4 Å². The molecule has 0 radical (unpaired) electrons. The van der Waals surface area contributed by atoms with Crippen molar-refractivity contribution in [1.82, 2.24) is 5.32 Å². The van der Waals surface area contributed by atoms with Gasteiger partial charge in [-0.25, -0.2) is 0 Å². The molecule has 1 heterocycles. The Hall–Kier alpha value is -0.370. The van der Waals surface area contributed by atoms with E-state index in [0.717, 1.165) is 19.3 Å². The Bertz CT molecular complexity index is 180. The normalized spacial score (nSPS) is 27.3. The van der Waals surface area contributed by atoms with Crippen LogP contribution in [0.2, 0.25) is 0 Å². The molecule has 1 atom stereocenters. The molecule has 1 aliphatic heterocycles. The smallest absolute Gasteiger partial charge is 0.110 e. The average Bonchev–Trinajstić information content (AvgIpc) is 2.43. The lowest BCUT2D eigenvalue weighted by Crippen LogP contribution is -2.42. The van der Waals surface area contributed by atoms with Gasteiger partial charge in [-0.05, 0) is 26.2 Å². The first-order valence-corrected chi connectivity index (χ1v) is 5.03. The Labute approximate surface area is 75.5 Å². The Morgan fingerprint density at radius 2 is 1.92 bits per heavy atom. The summed E-state index contributed by atoms with van der Waals surface area (Å²) in [6.07, 6.45) is 3.27. The van der Waals surface area contributed by atoms with E-state index in [4.69, 9.17) is 4.99 Å². The van der Waals surface area contributed by atoms with Crippen molar-refractivity contribution < 1.29 is 0 Å². The van der Waals surface area contributed by atoms with Crippen molar-refractivity contribution in [1.29, 1.82) is 0 Å². The van der Waals surface area contributed by atoms with Crippen molar-refractivity contribution in [3.63, 3.8) is 0 Å². The van der Waals surface area contributed by atoms with Crippen LogP contribution in [0.4, 0.5) is 0 Å². The molecular weight excluding hydrogens is 148 g/mol. The quantitative estimate of drug-likeness (QED) is 0.687. The summed E-state index contributed by atoms with van der Waals surface area (Å²) >= 11 is 0. The van der Waals surface area contributed by atoms with Crippen LogP contribution in [0.5, 0.6) is 0 Å². The Balaban J connectivity index is 2.78. The first-order chi connectivity index (χ1) is 5.67. The summed E-state index contributed by atoms with van der Waals surface area (Å²) in [5.41, 5.74) is 1.39. The van der Waals surface area contributed by atoms with Crippen molar-refractivity contribution in [2.75, 3.05) is 0 Å². The van der Waals surface area contributed by atoms with Crippen LogP contribution >= 0.6 is 0 Å². The summed E-state index contributed by atoms with van der Waals surface area (Å²) in [4.78, 5) is 4.76. The van der Waals surface area contributed by atoms with E-state index in [1.807, 2.05) is 0 Å². The third-order valence-electron chi connectivity index (χ3n) is 2.87. The van der Waals surface area contributed by atoms with Gasteiger partial charge in [-0.15, -0.1) is 0 Å². The van der Waals surface area contributed by atoms with Crippen molar-refractivity contribution in [2.45, 2.75) is 58.7 Å². The zero-order valence-corrected chi connectivity index (χ0v) is 8.65. The van der Waals surface area contributed by atoms with Gasteiger partial charge < -0.3 is 0 Å². The molecule has 0 spiro atoms. The summed E-state index contributed by atoms with van der Waals surface area (Å²) < 4.78 is 0. The maximum atomic E-state index is 4.76. The maximum absolute atomic E-state index is 4.76. The van der Waals surface area contributed by atoms with Crippen LogP contribution in [0.25, 0.3) is 0 Å². The molecule has 0 fully saturated rings. The van der Waals surface area contributed by atoms with Gasteiger partial charge in [0.15, 0.2) is 0 Å². The molecule has 0 saturated carbocycles. The minimum Gasteiger partial charge on any atom is -0.285 e. The van der Waals surface area contributed by atoms with Gasteiger partial charge in [0.1, 0.15) is 5.66 Å². The highest BCUT2D eigenvalue weighted by molar-refractivity contribution is 5.91. The van der Waals surface area contributed by atoms with E-state index in [-0.39, 0.29) is 5.66 Å². The van der Waals surface area contributed by atoms with Crippen molar-refractivity contribution in [2.24, 2.45) is 4.99 Å². The summed E-state index contributed by atoms with van der Waals surface area (Å²) in [5, 5.41) is 3.56. The number of nitrogens with one attached hydrogen (secondary N) is 1. The van der Waals surface area contributed by atoms with Gasteiger partial charge in [-0.3, -0.25) is 10.3 Å². The van der Waals surface area contributed by atoms with Crippen LogP contribution in [-0.4, -0.2) is 17.4 Å². The molecule has 1 rings (SSSR count). The number of aliphatic imine (C=N–C) groups is 1. The molecule has 0 aromatic rings. The molecule has 0 bridgehead atoms. The van der Waals surface area contributed by atoms with Gasteiger partial charge in [-0.1, -0.05) is 20.8 Å². The highest BCUT2D eigenvalue weighted by Crippen LogP contribution is 2.24. The Kier molecular flexibility index (Phi) is 2.89. The fraction of sp³-hybridized carbons (Fsp3) is 0.900. The molecule has 1 aliphatic rings. The third-order valence-corrected chi connectivity index (χ3v) is 2.87. The van der Waals surface area contributed by atoms with E-state index in [2.05, 4.69) is 33.0 Å². The summed E-state index contributed by atoms with van der Waals surface area (Å²) in [6, 6.07) is 0.481. The minimum atomic E-state index is 0.0603. The van der Waals surface area contributed by atoms with Gasteiger partial charge in [0, 0.05) is 11.8 Å². The maximum Gasteiger partial charge on any atom is 0.110 e. The fourth-order valence-corrected chi connectivity index (χ4v) is 1.89. The van der Waals surface area contributed by atoms with E-state index in [0.29, 0.717) is 6.04 Å². The minimum absolute atomic E-state index is 0.0603. The lowest BCUT2D eigenvalue weighted by molar-refractivity contribution is 0.332. The first kappa shape index (κ1) is 9.72. The zero-order valence-electron chi connectivity index (χ0n) is 8.65. The largest absolute Gasteiger partial charge is 0.285 e. The number of nitrogens with zero attached hydrogens (tertiary/aromatic N) is 1. The second-order valence-corrected chi connectivity index (χ2v) is 3.56. The average molecular weight is 168 g/mol. The lowest BCUT2D eigenvalue weighted by atomic mass is 10.1. The molecule has 12 heavy (non-hydrogen) atoms. The molecule has 0 saturated heterocycles. The number of hydrogen-bond acceptors (Lipinski definition) is 2. The Morgan fingerprint density at radius 3 is 2.17 bits per heavy atom. The van der Waals surface area contributed by atoms with Gasteiger partial charge in [0.2, 0.25) is 0 Å². The predicted molar refractivity (Wildman–Crippen MR) is 53.6 cm³/mol. The standard InChI is InChI=1S/C10H20N2/c1-5-9-8(4)11-10(6-2,7-3)12-9/h8,11H,5-7H2,1-4H3. The molecule has 0 aromatic heterocycles. The first-order valence-electron chi connectivity index (χ1n) is 5.03. The van der Waals surface area contributed by atoms with E-state index >= 15 is 0 Å². The highest BCUT2D eigenvalue weighted by Gasteiger charge is 2.33. The lowest BCUT2D eigenvalue weighted by Gasteiger charge is -2.24. The second-order valence-electron chi connectivity index (χ2n) is 3.56. The van der Waals surface area contributed by atoms with Crippen molar-refractivity contribution in [3.05, 3.63) is 0 Å². The van der Waals surface area contributed by atoms with Crippen LogP contribution in [-0.2, 0) is 0 Å². The molecule has 0 aliphatic carbocycles. The summed E-state index contributed by atoms with van der Waals surface area (Å²) in [7, 11) is 0. The van der Waals surface area contributed by atoms with Gasteiger partial charge in [-0.2, -0.15) is 0 Å². The molecule has 0 aromatic carbocycles. The third kappa shape index (κ3) is 1.53. The number of hydrogen-bond donors (Lipinski definition) is 1. The molecule has 2 heteroatoms. The van der Waals surface area contributed by atoms with Crippen LogP contribution in [0.1, 0.15) is 47.0 Å². The fourth-order valence-electron chi connectivity index (χ4n) is 1.89. The van der Waals surface area contributed by atoms with Gasteiger partial charge >= 0.3 is 0 Å².